The molecular formula is C23H20F7IO. The zero-order chi connectivity index (χ0) is 23.7. The molecule has 3 rings (SSSR count). The molecule has 1 nitrogen and oxygen atoms in total. The van der Waals surface area contributed by atoms with E-state index in [4.69, 9.17) is 4.74 Å². The Balaban J connectivity index is 1.80. The van der Waals surface area contributed by atoms with E-state index in [-0.39, 0.29) is 16.5 Å². The molecule has 0 amide bonds. The fraction of sp³-hybridized carbons (Fsp3) is 0.478. The summed E-state index contributed by atoms with van der Waals surface area (Å²) in [6, 6.07) is 3.94. The molecule has 1 aliphatic rings. The molecule has 0 aromatic heterocycles. The lowest BCUT2D eigenvalue weighted by molar-refractivity contribution is -0.223. The molecule has 32 heavy (non-hydrogen) atoms. The predicted octanol–water partition coefficient (Wildman–Crippen LogP) is 8.02. The highest BCUT2D eigenvalue weighted by atomic mass is 127. The van der Waals surface area contributed by atoms with E-state index in [1.807, 2.05) is 0 Å². The average molecular weight is 572 g/mol. The molecule has 2 aromatic rings. The van der Waals surface area contributed by atoms with Gasteiger partial charge >= 0.3 is 12.3 Å². The number of fused-ring (bicyclic) bond motifs is 1. The van der Waals surface area contributed by atoms with Crippen LogP contribution >= 0.6 is 22.6 Å². The number of ether oxygens (including phenoxy) is 1. The molecule has 1 atom stereocenters. The van der Waals surface area contributed by atoms with Gasteiger partial charge in [-0.05, 0) is 67.7 Å². The van der Waals surface area contributed by atoms with Crippen molar-refractivity contribution in [3.63, 3.8) is 0 Å². The van der Waals surface area contributed by atoms with Gasteiger partial charge in [-0.25, -0.2) is 8.78 Å². The Labute approximate surface area is 194 Å². The maximum absolute atomic E-state index is 14.7. The van der Waals surface area contributed by atoms with Crippen molar-refractivity contribution < 1.29 is 35.5 Å². The first-order valence-corrected chi connectivity index (χ1v) is 11.4. The molecule has 0 N–H and O–H groups in total. The molecule has 9 heteroatoms. The Bertz CT molecular complexity index is 1030. The minimum Gasteiger partial charge on any atom is -0.432 e. The van der Waals surface area contributed by atoms with Gasteiger partial charge in [0.2, 0.25) is 0 Å². The summed E-state index contributed by atoms with van der Waals surface area (Å²) in [5.74, 6) is -1.20. The Morgan fingerprint density at radius 2 is 1.72 bits per heavy atom. The molecule has 0 saturated heterocycles. The van der Waals surface area contributed by atoms with Gasteiger partial charge in [0, 0.05) is 15.2 Å². The van der Waals surface area contributed by atoms with Crippen LogP contribution in [0.5, 0.6) is 5.75 Å². The zero-order valence-corrected chi connectivity index (χ0v) is 19.2. The minimum absolute atomic E-state index is 0.120. The lowest BCUT2D eigenvalue weighted by Crippen LogP contribution is -2.38. The molecule has 0 radical (unpaired) electrons. The van der Waals surface area contributed by atoms with Gasteiger partial charge in [0.15, 0.2) is 0 Å². The highest BCUT2D eigenvalue weighted by molar-refractivity contribution is 14.1. The molecule has 1 unspecified atom stereocenters. The lowest BCUT2D eigenvalue weighted by atomic mass is 9.79. The number of benzene rings is 2. The van der Waals surface area contributed by atoms with Crippen LogP contribution in [0.1, 0.15) is 44.6 Å². The fourth-order valence-corrected chi connectivity index (χ4v) is 4.73. The topological polar surface area (TPSA) is 9.23 Å². The third-order valence-corrected chi connectivity index (χ3v) is 7.63. The number of halogens is 8. The molecule has 0 aliphatic heterocycles. The third-order valence-electron chi connectivity index (χ3n) is 5.73. The standard InChI is InChI=1S/C23H20F7IO/c1-2-20(31)13-3-5-15(6-4-13)23(29,30)32-16-7-8-17-14(11-16)12-19(24)18(21(17)25)9-10-22(26,27)28/h7-8,11-13,15,20H,2-6H2,1H3. The van der Waals surface area contributed by atoms with Gasteiger partial charge in [0.25, 0.3) is 0 Å². The largest absolute Gasteiger partial charge is 0.458 e. The highest BCUT2D eigenvalue weighted by Gasteiger charge is 2.44. The zero-order valence-electron chi connectivity index (χ0n) is 17.0. The summed E-state index contributed by atoms with van der Waals surface area (Å²) >= 11 is 2.35. The summed E-state index contributed by atoms with van der Waals surface area (Å²) in [7, 11) is 0. The molecule has 1 saturated carbocycles. The van der Waals surface area contributed by atoms with Crippen LogP contribution in [-0.2, 0) is 0 Å². The number of rotatable bonds is 5. The Hall–Kier alpha value is -1.70. The van der Waals surface area contributed by atoms with Crippen molar-refractivity contribution in [3.05, 3.63) is 41.5 Å². The smallest absolute Gasteiger partial charge is 0.432 e. The number of alkyl halides is 6. The Kier molecular flexibility index (Phi) is 7.52. The first kappa shape index (κ1) is 24.9. The summed E-state index contributed by atoms with van der Waals surface area (Å²) in [4.78, 5) is 0. The van der Waals surface area contributed by atoms with E-state index in [0.717, 1.165) is 36.6 Å². The molecule has 1 aliphatic carbocycles. The molecule has 0 bridgehead atoms. The number of hydrogen-bond donors (Lipinski definition) is 0. The van der Waals surface area contributed by atoms with Crippen LogP contribution in [0.4, 0.5) is 30.7 Å². The SMILES string of the molecule is CCC(I)C1CCC(C(F)(F)Oc2ccc3c(F)c(C#CC(F)(F)F)c(F)cc3c2)CC1. The predicted molar refractivity (Wildman–Crippen MR) is 116 cm³/mol. The normalized spacial score (nSPS) is 20.5. The van der Waals surface area contributed by atoms with E-state index in [2.05, 4.69) is 29.5 Å². The van der Waals surface area contributed by atoms with Gasteiger partial charge < -0.3 is 4.74 Å². The van der Waals surface area contributed by atoms with Crippen LogP contribution < -0.4 is 4.74 Å². The molecule has 0 spiro atoms. The van der Waals surface area contributed by atoms with Gasteiger partial charge in [-0.15, -0.1) is 0 Å². The molecule has 1 fully saturated rings. The second-order valence-electron chi connectivity index (χ2n) is 7.88. The van der Waals surface area contributed by atoms with Crippen molar-refractivity contribution in [1.29, 1.82) is 0 Å². The van der Waals surface area contributed by atoms with Crippen molar-refractivity contribution >= 4 is 33.4 Å². The summed E-state index contributed by atoms with van der Waals surface area (Å²) < 4.78 is 100. The van der Waals surface area contributed by atoms with Crippen LogP contribution in [0.3, 0.4) is 0 Å². The third kappa shape index (κ3) is 5.80. The van der Waals surface area contributed by atoms with Crippen molar-refractivity contribution in [2.24, 2.45) is 11.8 Å². The van der Waals surface area contributed by atoms with Crippen molar-refractivity contribution in [2.45, 2.75) is 55.2 Å². The van der Waals surface area contributed by atoms with E-state index >= 15 is 0 Å². The van der Waals surface area contributed by atoms with Gasteiger partial charge in [-0.1, -0.05) is 35.4 Å². The second-order valence-corrected chi connectivity index (χ2v) is 9.48. The quantitative estimate of drug-likeness (QED) is 0.153. The van der Waals surface area contributed by atoms with E-state index in [9.17, 15) is 30.7 Å². The molecule has 2 aromatic carbocycles. The summed E-state index contributed by atoms with van der Waals surface area (Å²) in [5.41, 5.74) is -1.04. The van der Waals surface area contributed by atoms with Crippen molar-refractivity contribution in [3.8, 4) is 17.6 Å². The Morgan fingerprint density at radius 1 is 1.06 bits per heavy atom. The summed E-state index contributed by atoms with van der Waals surface area (Å²) in [5, 5.41) is -0.369. The van der Waals surface area contributed by atoms with Gasteiger partial charge in [-0.3, -0.25) is 0 Å². The van der Waals surface area contributed by atoms with Crippen LogP contribution in [0.15, 0.2) is 24.3 Å². The fourth-order valence-electron chi connectivity index (χ4n) is 4.01. The van der Waals surface area contributed by atoms with E-state index in [1.54, 1.807) is 0 Å². The van der Waals surface area contributed by atoms with Gasteiger partial charge in [0.1, 0.15) is 17.4 Å². The molecule has 0 heterocycles. The van der Waals surface area contributed by atoms with Crippen molar-refractivity contribution in [1.82, 2.24) is 0 Å². The van der Waals surface area contributed by atoms with E-state index in [1.165, 1.54) is 5.92 Å². The van der Waals surface area contributed by atoms with E-state index < -0.39 is 35.4 Å². The maximum Gasteiger partial charge on any atom is 0.458 e. The van der Waals surface area contributed by atoms with Crippen LogP contribution in [0.2, 0.25) is 0 Å². The second kappa shape index (κ2) is 9.65. The van der Waals surface area contributed by atoms with Crippen LogP contribution in [0.25, 0.3) is 10.8 Å². The van der Waals surface area contributed by atoms with Crippen LogP contribution in [0, 0.1) is 35.3 Å². The summed E-state index contributed by atoms with van der Waals surface area (Å²) in [6.07, 6.45) is -5.39. The highest BCUT2D eigenvalue weighted by Crippen LogP contribution is 2.43. The monoisotopic (exact) mass is 572 g/mol. The average Bonchev–Trinajstić information content (AvgIpc) is 2.71. The maximum atomic E-state index is 14.7. The summed E-state index contributed by atoms with van der Waals surface area (Å²) in [6.45, 7) is 2.07. The van der Waals surface area contributed by atoms with Gasteiger partial charge in [-0.2, -0.15) is 22.0 Å². The molecule has 174 valence electrons. The van der Waals surface area contributed by atoms with Crippen molar-refractivity contribution in [2.75, 3.05) is 0 Å². The lowest BCUT2D eigenvalue weighted by Gasteiger charge is -2.34. The Morgan fingerprint density at radius 3 is 2.31 bits per heavy atom. The van der Waals surface area contributed by atoms with E-state index in [0.29, 0.717) is 35.5 Å². The first-order chi connectivity index (χ1) is 14.9. The minimum atomic E-state index is -4.91. The first-order valence-electron chi connectivity index (χ1n) is 10.1. The number of hydrogen-bond acceptors (Lipinski definition) is 1. The molecular weight excluding hydrogens is 552 g/mol. The van der Waals surface area contributed by atoms with Gasteiger partial charge in [0.05, 0.1) is 11.5 Å². The van der Waals surface area contributed by atoms with Crippen LogP contribution in [-0.4, -0.2) is 16.2 Å².